The van der Waals surface area contributed by atoms with E-state index < -0.39 is 10.0 Å². The lowest BCUT2D eigenvalue weighted by molar-refractivity contribution is -0.121. The molecule has 1 aliphatic carbocycles. The van der Waals surface area contributed by atoms with Crippen molar-refractivity contribution < 1.29 is 22.5 Å². The molecule has 2 aliphatic rings. The average Bonchev–Trinajstić information content (AvgIpc) is 3.30. The van der Waals surface area contributed by atoms with Crippen LogP contribution in [-0.2, 0) is 27.8 Å². The normalized spacial score (nSPS) is 17.1. The third kappa shape index (κ3) is 3.29. The molecule has 138 valence electrons. The van der Waals surface area contributed by atoms with Gasteiger partial charge in [-0.2, -0.15) is 4.98 Å². The van der Waals surface area contributed by atoms with E-state index in [2.05, 4.69) is 14.9 Å². The van der Waals surface area contributed by atoms with Crippen molar-refractivity contribution in [2.75, 3.05) is 11.5 Å². The van der Waals surface area contributed by atoms with Gasteiger partial charge in [0.2, 0.25) is 15.9 Å². The summed E-state index contributed by atoms with van der Waals surface area (Å²) in [6, 6.07) is 4.47. The van der Waals surface area contributed by atoms with Crippen LogP contribution in [0.5, 0.6) is 5.75 Å². The molecule has 1 aromatic heterocycles. The maximum absolute atomic E-state index is 12.5. The lowest BCUT2D eigenvalue weighted by Gasteiger charge is -2.28. The second kappa shape index (κ2) is 6.36. The summed E-state index contributed by atoms with van der Waals surface area (Å²) in [6.07, 6.45) is 2.28. The topological polar surface area (TPSA) is 115 Å². The van der Waals surface area contributed by atoms with Crippen molar-refractivity contribution in [3.8, 4) is 5.75 Å². The second-order valence-corrected chi connectivity index (χ2v) is 7.97. The highest BCUT2D eigenvalue weighted by Crippen LogP contribution is 2.35. The number of aryl methyl sites for hydroxylation is 1. The van der Waals surface area contributed by atoms with Gasteiger partial charge in [0.05, 0.1) is 17.1 Å². The number of nitrogens with zero attached hydrogens (tertiary/aromatic N) is 3. The van der Waals surface area contributed by atoms with Crippen molar-refractivity contribution in [1.29, 1.82) is 0 Å². The Labute approximate surface area is 150 Å². The Bertz CT molecular complexity index is 951. The minimum absolute atomic E-state index is 0.00295. The minimum Gasteiger partial charge on any atom is -0.482 e. The van der Waals surface area contributed by atoms with Gasteiger partial charge in [0.25, 0.3) is 5.91 Å². The smallest absolute Gasteiger partial charge is 0.265 e. The molecule has 0 atom stereocenters. The summed E-state index contributed by atoms with van der Waals surface area (Å²) in [6.45, 7) is 1.84. The highest BCUT2D eigenvalue weighted by Gasteiger charge is 2.31. The number of carbonyl (C=O) groups is 1. The molecular formula is C16H18N4O5S. The fourth-order valence-electron chi connectivity index (χ4n) is 2.65. The van der Waals surface area contributed by atoms with E-state index >= 15 is 0 Å². The van der Waals surface area contributed by atoms with Crippen molar-refractivity contribution in [3.05, 3.63) is 29.9 Å². The molecule has 26 heavy (non-hydrogen) atoms. The third-order valence-corrected chi connectivity index (χ3v) is 5.71. The van der Waals surface area contributed by atoms with Gasteiger partial charge in [0.15, 0.2) is 12.4 Å². The van der Waals surface area contributed by atoms with E-state index in [1.165, 1.54) is 17.0 Å². The van der Waals surface area contributed by atoms with E-state index in [9.17, 15) is 13.2 Å². The van der Waals surface area contributed by atoms with Gasteiger partial charge in [-0.3, -0.25) is 9.69 Å². The molecule has 0 saturated heterocycles. The summed E-state index contributed by atoms with van der Waals surface area (Å²) in [5.74, 6) is 0.970. The zero-order valence-corrected chi connectivity index (χ0v) is 15.0. The molecule has 1 saturated carbocycles. The number of benzene rings is 1. The summed E-state index contributed by atoms with van der Waals surface area (Å²) in [5, 5.41) is 3.86. The molecule has 1 fully saturated rings. The van der Waals surface area contributed by atoms with Gasteiger partial charge >= 0.3 is 0 Å². The molecule has 10 heteroatoms. The van der Waals surface area contributed by atoms with Crippen molar-refractivity contribution in [3.63, 3.8) is 0 Å². The lowest BCUT2D eigenvalue weighted by atomic mass is 10.2. The van der Waals surface area contributed by atoms with Gasteiger partial charge in [-0.15, -0.1) is 0 Å². The Morgan fingerprint density at radius 2 is 2.15 bits per heavy atom. The van der Waals surface area contributed by atoms with Gasteiger partial charge in [0.1, 0.15) is 5.75 Å². The molecule has 0 spiro atoms. The summed E-state index contributed by atoms with van der Waals surface area (Å²) < 4.78 is 38.0. The zero-order valence-electron chi connectivity index (χ0n) is 14.1. The summed E-state index contributed by atoms with van der Waals surface area (Å²) >= 11 is 0. The van der Waals surface area contributed by atoms with E-state index in [4.69, 9.17) is 9.26 Å². The molecule has 9 nitrogen and oxygen atoms in total. The molecule has 1 amide bonds. The fraction of sp³-hybridized carbons (Fsp3) is 0.438. The minimum atomic E-state index is -3.64. The monoisotopic (exact) mass is 378 g/mol. The molecule has 0 bridgehead atoms. The molecule has 0 unspecified atom stereocenters. The SMILES string of the molecule is CCc1nc(CN2C(=O)COc3ccc(S(=O)(=O)NC4CC4)cc32)no1. The van der Waals surface area contributed by atoms with Crippen LogP contribution < -0.4 is 14.4 Å². The maximum Gasteiger partial charge on any atom is 0.265 e. The highest BCUT2D eigenvalue weighted by atomic mass is 32.2. The van der Waals surface area contributed by atoms with Crippen LogP contribution in [0.3, 0.4) is 0 Å². The highest BCUT2D eigenvalue weighted by molar-refractivity contribution is 7.89. The van der Waals surface area contributed by atoms with Gasteiger partial charge in [-0.05, 0) is 31.0 Å². The number of aromatic nitrogens is 2. The number of carbonyl (C=O) groups excluding carboxylic acids is 1. The first kappa shape index (κ1) is 17.0. The summed E-state index contributed by atoms with van der Waals surface area (Å²) in [7, 11) is -3.64. The molecule has 1 aromatic carbocycles. The van der Waals surface area contributed by atoms with Crippen LogP contribution >= 0.6 is 0 Å². The first-order valence-electron chi connectivity index (χ1n) is 8.37. The number of amides is 1. The van der Waals surface area contributed by atoms with Crippen molar-refractivity contribution in [2.45, 2.75) is 43.7 Å². The molecule has 4 rings (SSSR count). The number of hydrogen-bond donors (Lipinski definition) is 1. The number of ether oxygens (including phenoxy) is 1. The second-order valence-electron chi connectivity index (χ2n) is 6.25. The van der Waals surface area contributed by atoms with Gasteiger partial charge in [-0.25, -0.2) is 13.1 Å². The average molecular weight is 378 g/mol. The van der Waals surface area contributed by atoms with Crippen LogP contribution in [0.1, 0.15) is 31.5 Å². The Kier molecular flexibility index (Phi) is 4.16. The quantitative estimate of drug-likeness (QED) is 0.797. The molecule has 1 N–H and O–H groups in total. The van der Waals surface area contributed by atoms with Gasteiger partial charge in [0, 0.05) is 12.5 Å². The number of nitrogens with one attached hydrogen (secondary N) is 1. The van der Waals surface area contributed by atoms with Gasteiger partial charge < -0.3 is 9.26 Å². The summed E-state index contributed by atoms with van der Waals surface area (Å²) in [4.78, 5) is 18.0. The number of sulfonamides is 1. The number of anilines is 1. The molecule has 1 aliphatic heterocycles. The van der Waals surface area contributed by atoms with Crippen LogP contribution in [0.15, 0.2) is 27.6 Å². The molecule has 2 heterocycles. The Morgan fingerprint density at radius 1 is 1.35 bits per heavy atom. The van der Waals surface area contributed by atoms with E-state index in [1.54, 1.807) is 6.07 Å². The Hall–Kier alpha value is -2.46. The van der Waals surface area contributed by atoms with Gasteiger partial charge in [-0.1, -0.05) is 12.1 Å². The van der Waals surface area contributed by atoms with Crippen LogP contribution in [0.25, 0.3) is 0 Å². The van der Waals surface area contributed by atoms with E-state index in [-0.39, 0.29) is 30.0 Å². The van der Waals surface area contributed by atoms with Crippen molar-refractivity contribution in [1.82, 2.24) is 14.9 Å². The molecule has 0 radical (unpaired) electrons. The predicted molar refractivity (Wildman–Crippen MR) is 90.1 cm³/mol. The summed E-state index contributed by atoms with van der Waals surface area (Å²) in [5.41, 5.74) is 0.378. The molecule has 2 aromatic rings. The Balaban J connectivity index is 1.66. The Morgan fingerprint density at radius 3 is 2.85 bits per heavy atom. The third-order valence-electron chi connectivity index (χ3n) is 4.20. The van der Waals surface area contributed by atoms with E-state index in [1.807, 2.05) is 6.92 Å². The molecular weight excluding hydrogens is 360 g/mol. The zero-order chi connectivity index (χ0) is 18.3. The van der Waals surface area contributed by atoms with Crippen molar-refractivity contribution >= 4 is 21.6 Å². The number of rotatable bonds is 6. The standard InChI is InChI=1S/C16H18N4O5S/c1-2-15-17-14(18-25-15)8-20-12-7-11(26(22,23)19-10-3-4-10)5-6-13(12)24-9-16(20)21/h5-7,10,19H,2-4,8-9H2,1H3. The fourth-order valence-corrected chi connectivity index (χ4v) is 3.98. The van der Waals surface area contributed by atoms with E-state index in [0.29, 0.717) is 29.6 Å². The maximum atomic E-state index is 12.5. The predicted octanol–water partition coefficient (Wildman–Crippen LogP) is 0.998. The first-order chi connectivity index (χ1) is 12.5. The van der Waals surface area contributed by atoms with Crippen LogP contribution in [-0.4, -0.2) is 37.1 Å². The number of hydrogen-bond acceptors (Lipinski definition) is 7. The number of fused-ring (bicyclic) bond motifs is 1. The van der Waals surface area contributed by atoms with Crippen LogP contribution in [0.2, 0.25) is 0 Å². The largest absolute Gasteiger partial charge is 0.482 e. The van der Waals surface area contributed by atoms with Crippen LogP contribution in [0.4, 0.5) is 5.69 Å². The van der Waals surface area contributed by atoms with E-state index in [0.717, 1.165) is 12.8 Å². The first-order valence-corrected chi connectivity index (χ1v) is 9.85. The van der Waals surface area contributed by atoms with Crippen molar-refractivity contribution in [2.24, 2.45) is 0 Å². The lowest BCUT2D eigenvalue weighted by Crippen LogP contribution is -2.38. The van der Waals surface area contributed by atoms with Crippen LogP contribution in [0, 0.1) is 0 Å².